The van der Waals surface area contributed by atoms with E-state index in [0.717, 1.165) is 28.8 Å². The van der Waals surface area contributed by atoms with Gasteiger partial charge in [0.1, 0.15) is 11.7 Å². The Morgan fingerprint density at radius 3 is 2.84 bits per heavy atom. The molecule has 2 aromatic rings. The standard InChI is InChI=1S/C31H34N2O4/c1-5-15-33-16-14-30-26-12-11-24(32(4)27(35)13-8-21-7-6-19(2)20(3)17-21)31(30,36)25(33)18-22-9-10-23(34)29(37-26)28(22)30/h5-7,9-10,17,24-26,34,36H,1,11-12,14-16,18H2,2-4H3/t24-,25-,26+,30-,31-/m1/s1. The maximum atomic E-state index is 13.4. The number of nitrogens with zero attached hydrogens (tertiary/aromatic N) is 2. The van der Waals surface area contributed by atoms with Gasteiger partial charge < -0.3 is 19.8 Å². The van der Waals surface area contributed by atoms with Gasteiger partial charge in [-0.15, -0.1) is 6.58 Å². The van der Waals surface area contributed by atoms with Crippen LogP contribution < -0.4 is 4.74 Å². The lowest BCUT2D eigenvalue weighted by molar-refractivity contribution is -0.215. The van der Waals surface area contributed by atoms with Crippen LogP contribution in [0, 0.1) is 25.7 Å². The van der Waals surface area contributed by atoms with E-state index in [2.05, 4.69) is 30.2 Å². The van der Waals surface area contributed by atoms with Crippen LogP contribution in [-0.4, -0.2) is 69.8 Å². The molecule has 0 aromatic heterocycles. The molecule has 1 spiro atoms. The van der Waals surface area contributed by atoms with Crippen molar-refractivity contribution >= 4 is 5.91 Å². The number of benzene rings is 2. The van der Waals surface area contributed by atoms with E-state index in [4.69, 9.17) is 4.74 Å². The number of piperidine rings is 1. The SMILES string of the molecule is C=CCN1CC[C@]23c4c5ccc(O)c4O[C@H]2CC[C@@H](N(C)C(=O)C#Cc2ccc(C)c(C)c2)[C@@]3(O)[C@H]1C5. The molecule has 2 heterocycles. The number of hydrogen-bond acceptors (Lipinski definition) is 5. The lowest BCUT2D eigenvalue weighted by Crippen LogP contribution is -2.81. The quantitative estimate of drug-likeness (QED) is 0.502. The number of aliphatic hydroxyl groups is 1. The van der Waals surface area contributed by atoms with Crippen molar-refractivity contribution in [1.29, 1.82) is 0 Å². The lowest BCUT2D eigenvalue weighted by atomic mass is 9.47. The molecule has 2 aromatic carbocycles. The molecule has 37 heavy (non-hydrogen) atoms. The van der Waals surface area contributed by atoms with E-state index in [0.29, 0.717) is 38.0 Å². The Kier molecular flexibility index (Phi) is 5.45. The number of hydrogen-bond donors (Lipinski definition) is 2. The maximum Gasteiger partial charge on any atom is 0.298 e. The van der Waals surface area contributed by atoms with E-state index >= 15 is 0 Å². The van der Waals surface area contributed by atoms with Crippen molar-refractivity contribution in [2.24, 2.45) is 0 Å². The van der Waals surface area contributed by atoms with Crippen molar-refractivity contribution in [2.75, 3.05) is 20.1 Å². The zero-order valence-electron chi connectivity index (χ0n) is 21.8. The van der Waals surface area contributed by atoms with E-state index in [1.54, 1.807) is 18.0 Å². The van der Waals surface area contributed by atoms with Gasteiger partial charge in [-0.1, -0.05) is 24.1 Å². The van der Waals surface area contributed by atoms with Gasteiger partial charge in [-0.2, -0.15) is 0 Å². The second-order valence-corrected chi connectivity index (χ2v) is 11.2. The highest BCUT2D eigenvalue weighted by Crippen LogP contribution is 2.65. The highest BCUT2D eigenvalue weighted by molar-refractivity contribution is 5.94. The number of ether oxygens (including phenoxy) is 1. The number of rotatable bonds is 3. The van der Waals surface area contributed by atoms with Crippen molar-refractivity contribution < 1.29 is 19.7 Å². The fourth-order valence-electron chi connectivity index (χ4n) is 7.69. The highest BCUT2D eigenvalue weighted by atomic mass is 16.5. The molecule has 1 amide bonds. The van der Waals surface area contributed by atoms with Gasteiger partial charge in [0.05, 0.1) is 11.5 Å². The normalized spacial score (nSPS) is 31.0. The Morgan fingerprint density at radius 1 is 1.27 bits per heavy atom. The van der Waals surface area contributed by atoms with Gasteiger partial charge in [-0.3, -0.25) is 9.69 Å². The molecule has 2 N–H and O–H groups in total. The Bertz CT molecular complexity index is 1370. The molecule has 2 aliphatic carbocycles. The molecular formula is C31H34N2O4. The average molecular weight is 499 g/mol. The number of carbonyl (C=O) groups excluding carboxylic acids is 1. The number of amides is 1. The zero-order valence-corrected chi connectivity index (χ0v) is 21.8. The van der Waals surface area contributed by atoms with Gasteiger partial charge >= 0.3 is 0 Å². The zero-order chi connectivity index (χ0) is 26.1. The first-order chi connectivity index (χ1) is 17.7. The minimum Gasteiger partial charge on any atom is -0.504 e. The summed E-state index contributed by atoms with van der Waals surface area (Å²) in [6, 6.07) is 8.97. The monoisotopic (exact) mass is 498 g/mol. The first-order valence-electron chi connectivity index (χ1n) is 13.2. The Labute approximate surface area is 218 Å². The van der Waals surface area contributed by atoms with Crippen LogP contribution in [0.4, 0.5) is 0 Å². The van der Waals surface area contributed by atoms with Gasteiger partial charge in [0, 0.05) is 36.7 Å². The van der Waals surface area contributed by atoms with Crippen molar-refractivity contribution in [3.05, 3.63) is 70.8 Å². The largest absolute Gasteiger partial charge is 0.504 e. The highest BCUT2D eigenvalue weighted by Gasteiger charge is 2.74. The first kappa shape index (κ1) is 24.1. The summed E-state index contributed by atoms with van der Waals surface area (Å²) in [6.07, 6.45) is 4.24. The Hall–Kier alpha value is -3.27. The lowest BCUT2D eigenvalue weighted by Gasteiger charge is -2.66. The van der Waals surface area contributed by atoms with Crippen LogP contribution in [-0.2, 0) is 16.6 Å². The number of aryl methyl sites for hydroxylation is 2. The predicted molar refractivity (Wildman–Crippen MR) is 142 cm³/mol. The number of likely N-dealkylation sites (tertiary alicyclic amines) is 1. The minimum absolute atomic E-state index is 0.122. The van der Waals surface area contributed by atoms with E-state index in [9.17, 15) is 15.0 Å². The van der Waals surface area contributed by atoms with Crippen LogP contribution in [0.3, 0.4) is 0 Å². The molecule has 6 nitrogen and oxygen atoms in total. The van der Waals surface area contributed by atoms with Crippen LogP contribution in [0.2, 0.25) is 0 Å². The van der Waals surface area contributed by atoms with Crippen molar-refractivity contribution in [1.82, 2.24) is 9.80 Å². The summed E-state index contributed by atoms with van der Waals surface area (Å²) >= 11 is 0. The van der Waals surface area contributed by atoms with Crippen LogP contribution in [0.25, 0.3) is 0 Å². The molecule has 0 radical (unpaired) electrons. The topological polar surface area (TPSA) is 73.2 Å². The van der Waals surface area contributed by atoms with Crippen molar-refractivity contribution in [2.45, 2.75) is 68.7 Å². The molecule has 1 saturated heterocycles. The summed E-state index contributed by atoms with van der Waals surface area (Å²) in [5.74, 6) is 6.20. The number of phenols is 1. The van der Waals surface area contributed by atoms with Gasteiger partial charge in [-0.25, -0.2) is 0 Å². The van der Waals surface area contributed by atoms with E-state index < -0.39 is 17.1 Å². The molecule has 4 aliphatic rings. The van der Waals surface area contributed by atoms with E-state index in [-0.39, 0.29) is 23.8 Å². The summed E-state index contributed by atoms with van der Waals surface area (Å²) in [5.41, 5.74) is 3.24. The van der Waals surface area contributed by atoms with Gasteiger partial charge in [0.2, 0.25) is 0 Å². The summed E-state index contributed by atoms with van der Waals surface area (Å²) in [7, 11) is 1.76. The van der Waals surface area contributed by atoms with Crippen LogP contribution in [0.1, 0.15) is 47.1 Å². The second-order valence-electron chi connectivity index (χ2n) is 11.2. The third-order valence-electron chi connectivity index (χ3n) is 9.53. The summed E-state index contributed by atoms with van der Waals surface area (Å²) < 4.78 is 6.40. The van der Waals surface area contributed by atoms with E-state index in [1.807, 2.05) is 37.3 Å². The van der Waals surface area contributed by atoms with Crippen LogP contribution >= 0.6 is 0 Å². The van der Waals surface area contributed by atoms with Crippen LogP contribution in [0.15, 0.2) is 43.0 Å². The molecule has 192 valence electrons. The first-order valence-corrected chi connectivity index (χ1v) is 13.2. The van der Waals surface area contributed by atoms with Crippen molar-refractivity contribution in [3.63, 3.8) is 0 Å². The number of phenolic OH excluding ortho intramolecular Hbond substituents is 1. The smallest absolute Gasteiger partial charge is 0.298 e. The summed E-state index contributed by atoms with van der Waals surface area (Å²) in [6.45, 7) is 9.49. The Morgan fingerprint density at radius 2 is 2.08 bits per heavy atom. The Balaban J connectivity index is 1.42. The fraction of sp³-hybridized carbons (Fsp3) is 0.452. The van der Waals surface area contributed by atoms with Gasteiger partial charge in [0.25, 0.3) is 5.91 Å². The molecule has 2 aliphatic heterocycles. The second kappa shape index (κ2) is 8.37. The minimum atomic E-state index is -1.25. The third kappa shape index (κ3) is 3.17. The van der Waals surface area contributed by atoms with Crippen molar-refractivity contribution in [3.8, 4) is 23.3 Å². The number of carbonyl (C=O) groups is 1. The fourth-order valence-corrected chi connectivity index (χ4v) is 7.69. The molecule has 6 heteroatoms. The molecule has 2 fully saturated rings. The van der Waals surface area contributed by atoms with E-state index in [1.165, 1.54) is 5.56 Å². The molecule has 0 unspecified atom stereocenters. The maximum absolute atomic E-state index is 13.4. The van der Waals surface area contributed by atoms with Gasteiger partial charge in [-0.05, 0) is 81.0 Å². The number of likely N-dealkylation sites (N-methyl/N-ethyl adjacent to an activating group) is 1. The third-order valence-corrected chi connectivity index (χ3v) is 9.53. The predicted octanol–water partition coefficient (Wildman–Crippen LogP) is 3.23. The molecule has 2 bridgehead atoms. The van der Waals surface area contributed by atoms with Gasteiger partial charge in [0.15, 0.2) is 11.5 Å². The van der Waals surface area contributed by atoms with Crippen LogP contribution in [0.5, 0.6) is 11.5 Å². The molecule has 1 saturated carbocycles. The molecular weight excluding hydrogens is 464 g/mol. The number of aromatic hydroxyl groups is 1. The molecule has 6 rings (SSSR count). The average Bonchev–Trinajstić information content (AvgIpc) is 3.22. The summed E-state index contributed by atoms with van der Waals surface area (Å²) in [4.78, 5) is 17.4. The summed E-state index contributed by atoms with van der Waals surface area (Å²) in [5, 5.41) is 23.6. The molecule has 5 atom stereocenters.